The molecule has 1 aromatic rings. The zero-order valence-corrected chi connectivity index (χ0v) is 20.2. The minimum atomic E-state index is 0.0586. The molecule has 1 unspecified atom stereocenters. The van der Waals surface area contributed by atoms with Crippen molar-refractivity contribution in [2.24, 2.45) is 17.8 Å². The first kappa shape index (κ1) is 23.8. The van der Waals surface area contributed by atoms with Crippen LogP contribution >= 0.6 is 0 Å². The van der Waals surface area contributed by atoms with Gasteiger partial charge in [-0.25, -0.2) is 10.0 Å². The van der Waals surface area contributed by atoms with E-state index in [9.17, 15) is 4.79 Å². The van der Waals surface area contributed by atoms with Gasteiger partial charge in [-0.1, -0.05) is 20.8 Å². The molecule has 1 aromatic heterocycles. The van der Waals surface area contributed by atoms with Gasteiger partial charge in [0, 0.05) is 38.1 Å². The lowest BCUT2D eigenvalue weighted by atomic mass is 9.78. The molecule has 0 N–H and O–H groups in total. The highest BCUT2D eigenvalue weighted by Gasteiger charge is 2.40. The fourth-order valence-electron chi connectivity index (χ4n) is 5.23. The van der Waals surface area contributed by atoms with Crippen LogP contribution < -0.4 is 0 Å². The first-order chi connectivity index (χ1) is 16.1. The second-order valence-corrected chi connectivity index (χ2v) is 9.40. The van der Waals surface area contributed by atoms with Crippen LogP contribution in [0.4, 0.5) is 0 Å². The molecule has 0 radical (unpaired) electrons. The van der Waals surface area contributed by atoms with Gasteiger partial charge in [-0.3, -0.25) is 14.5 Å². The number of allylic oxidation sites excluding steroid dienone is 2. The minimum Gasteiger partial charge on any atom is -0.454 e. The van der Waals surface area contributed by atoms with Crippen molar-refractivity contribution in [1.82, 2.24) is 19.5 Å². The van der Waals surface area contributed by atoms with Crippen LogP contribution in [0.5, 0.6) is 0 Å². The number of hydrogen-bond donors (Lipinski definition) is 0. The number of hydrogen-bond acceptors (Lipinski definition) is 6. The van der Waals surface area contributed by atoms with E-state index in [1.165, 1.54) is 0 Å². The summed E-state index contributed by atoms with van der Waals surface area (Å²) < 4.78 is 13.4. The van der Waals surface area contributed by atoms with Crippen molar-refractivity contribution in [3.05, 3.63) is 42.4 Å². The van der Waals surface area contributed by atoms with Gasteiger partial charge in [0.15, 0.2) is 11.5 Å². The summed E-state index contributed by atoms with van der Waals surface area (Å²) in [5, 5.41) is 1.58. The predicted molar refractivity (Wildman–Crippen MR) is 124 cm³/mol. The van der Waals surface area contributed by atoms with Crippen molar-refractivity contribution in [2.45, 2.75) is 59.0 Å². The fourth-order valence-corrected chi connectivity index (χ4v) is 5.23. The Labute approximate surface area is 197 Å². The van der Waals surface area contributed by atoms with E-state index in [1.54, 1.807) is 5.06 Å². The highest BCUT2D eigenvalue weighted by Crippen LogP contribution is 2.41. The number of nitrogens with zero attached hydrogens (tertiary/aromatic N) is 4. The van der Waals surface area contributed by atoms with Crippen LogP contribution in [0.25, 0.3) is 0 Å². The van der Waals surface area contributed by atoms with E-state index in [0.29, 0.717) is 50.3 Å². The summed E-state index contributed by atoms with van der Waals surface area (Å²) in [6, 6.07) is 0.340. The van der Waals surface area contributed by atoms with Crippen molar-refractivity contribution in [3.8, 4) is 0 Å². The van der Waals surface area contributed by atoms with Gasteiger partial charge in [-0.05, 0) is 55.6 Å². The quantitative estimate of drug-likeness (QED) is 0.472. The fraction of sp³-hybridized carbons (Fsp3) is 0.680. The van der Waals surface area contributed by atoms with Crippen LogP contribution in [0.15, 0.2) is 42.4 Å². The predicted octanol–water partition coefficient (Wildman–Crippen LogP) is 3.58. The average molecular weight is 459 g/mol. The Kier molecular flexibility index (Phi) is 8.09. The smallest absolute Gasteiger partial charge is 0.260 e. The summed E-state index contributed by atoms with van der Waals surface area (Å²) in [5.41, 5.74) is 0. The maximum Gasteiger partial charge on any atom is 0.260 e. The molecule has 0 saturated carbocycles. The lowest BCUT2D eigenvalue weighted by Gasteiger charge is -2.29. The Morgan fingerprint density at radius 3 is 2.79 bits per heavy atom. The molecule has 8 nitrogen and oxygen atoms in total. The van der Waals surface area contributed by atoms with Crippen LogP contribution in [0.2, 0.25) is 0 Å². The van der Waals surface area contributed by atoms with Crippen molar-refractivity contribution < 1.29 is 19.1 Å². The van der Waals surface area contributed by atoms with Gasteiger partial charge in [0.2, 0.25) is 6.79 Å². The highest BCUT2D eigenvalue weighted by atomic mass is 16.7. The number of fused-ring (bicyclic) bond motifs is 1. The second-order valence-electron chi connectivity index (χ2n) is 9.40. The average Bonchev–Trinajstić information content (AvgIpc) is 3.55. The van der Waals surface area contributed by atoms with Crippen LogP contribution in [-0.4, -0.2) is 64.5 Å². The second kappa shape index (κ2) is 11.2. The molecule has 2 saturated heterocycles. The molecule has 3 aliphatic rings. The Hall–Kier alpha value is -2.32. The topological polar surface area (TPSA) is 69.1 Å². The number of carbonyl (C=O) groups excluding carboxylic acids is 1. The number of rotatable bonds is 11. The highest BCUT2D eigenvalue weighted by molar-refractivity contribution is 5.77. The molecule has 4 atom stereocenters. The van der Waals surface area contributed by atoms with Gasteiger partial charge in [-0.2, -0.15) is 0 Å². The molecule has 0 aromatic carbocycles. The van der Waals surface area contributed by atoms with E-state index in [0.717, 1.165) is 50.3 Å². The maximum atomic E-state index is 13.2. The monoisotopic (exact) mass is 458 g/mol. The molecule has 8 heteroatoms. The minimum absolute atomic E-state index is 0.0586. The van der Waals surface area contributed by atoms with E-state index < -0.39 is 0 Å². The number of likely N-dealkylation sites (tertiary alicyclic amines) is 1. The maximum absolute atomic E-state index is 13.2. The molecule has 2 fully saturated rings. The van der Waals surface area contributed by atoms with E-state index in [4.69, 9.17) is 14.3 Å². The molecule has 4 rings (SSSR count). The molecule has 1 amide bonds. The number of hydroxylamine groups is 2. The Balaban J connectivity index is 1.45. The Morgan fingerprint density at radius 1 is 1.24 bits per heavy atom. The Bertz CT molecular complexity index is 837. The molecular weight excluding hydrogens is 420 g/mol. The first-order valence-corrected chi connectivity index (χ1v) is 12.4. The molecule has 2 aliphatic heterocycles. The van der Waals surface area contributed by atoms with E-state index in [-0.39, 0.29) is 5.91 Å². The number of amides is 1. The third-order valence-corrected chi connectivity index (χ3v) is 6.92. The summed E-state index contributed by atoms with van der Waals surface area (Å²) in [6.07, 6.45) is 14.0. The van der Waals surface area contributed by atoms with Crippen molar-refractivity contribution in [2.75, 3.05) is 33.0 Å². The molecule has 0 spiro atoms. The number of imidazole rings is 1. The van der Waals surface area contributed by atoms with Crippen molar-refractivity contribution in [3.63, 3.8) is 0 Å². The lowest BCUT2D eigenvalue weighted by molar-refractivity contribution is -0.188. The lowest BCUT2D eigenvalue weighted by Crippen LogP contribution is -2.43. The SMILES string of the molecule is CCCON(CCC)C(=O)CN1C[C@H]([C@H]2C=C3OCOC3=CC2C)C[C@@H]1CCn1ccnc1. The van der Waals surface area contributed by atoms with Crippen molar-refractivity contribution in [1.29, 1.82) is 0 Å². The number of aromatic nitrogens is 2. The summed E-state index contributed by atoms with van der Waals surface area (Å²) in [7, 11) is 0. The molecule has 33 heavy (non-hydrogen) atoms. The van der Waals surface area contributed by atoms with E-state index >= 15 is 0 Å². The van der Waals surface area contributed by atoms with Crippen LogP contribution in [-0.2, 0) is 25.7 Å². The first-order valence-electron chi connectivity index (χ1n) is 12.4. The summed E-state index contributed by atoms with van der Waals surface area (Å²) in [6.45, 7) is 10.1. The normalized spacial score (nSPS) is 26.9. The third-order valence-electron chi connectivity index (χ3n) is 6.92. The Morgan fingerprint density at radius 2 is 2.06 bits per heavy atom. The van der Waals surface area contributed by atoms with Crippen LogP contribution in [0.1, 0.15) is 46.5 Å². The molecule has 182 valence electrons. The van der Waals surface area contributed by atoms with E-state index in [1.807, 2.05) is 18.7 Å². The zero-order chi connectivity index (χ0) is 23.2. The van der Waals surface area contributed by atoms with Gasteiger partial charge in [-0.15, -0.1) is 0 Å². The number of ether oxygens (including phenoxy) is 2. The molecule has 3 heterocycles. The zero-order valence-electron chi connectivity index (χ0n) is 20.2. The number of carbonyl (C=O) groups is 1. The van der Waals surface area contributed by atoms with Gasteiger partial charge >= 0.3 is 0 Å². The third kappa shape index (κ3) is 5.79. The van der Waals surface area contributed by atoms with Gasteiger partial charge in [0.05, 0.1) is 19.5 Å². The summed E-state index contributed by atoms with van der Waals surface area (Å²) in [5.74, 6) is 3.04. The summed E-state index contributed by atoms with van der Waals surface area (Å²) in [4.78, 5) is 25.5. The van der Waals surface area contributed by atoms with Crippen molar-refractivity contribution >= 4 is 5.91 Å². The largest absolute Gasteiger partial charge is 0.454 e. The van der Waals surface area contributed by atoms with Gasteiger partial charge < -0.3 is 14.0 Å². The standard InChI is InChI=1S/C25H38N4O4/c1-4-8-29(33-11-5-2)25(30)16-28-15-20(13-21(28)6-9-27-10-7-26-17-27)22-14-24-23(12-19(22)3)31-18-32-24/h7,10,12,14,17,19-22H,4-6,8-9,11,13,15-16,18H2,1-3H3/t19?,20-,21+,22+/m1/s1. The van der Waals surface area contributed by atoms with Crippen LogP contribution in [0.3, 0.4) is 0 Å². The molecule has 1 aliphatic carbocycles. The molecular formula is C25H38N4O4. The van der Waals surface area contributed by atoms with Gasteiger partial charge in [0.1, 0.15) is 0 Å². The van der Waals surface area contributed by atoms with Gasteiger partial charge in [0.25, 0.3) is 5.91 Å². The molecule has 0 bridgehead atoms. The van der Waals surface area contributed by atoms with E-state index in [2.05, 4.69) is 47.4 Å². The summed E-state index contributed by atoms with van der Waals surface area (Å²) >= 11 is 0. The number of aryl methyl sites for hydroxylation is 1. The van der Waals surface area contributed by atoms with Crippen LogP contribution in [0, 0.1) is 17.8 Å².